The molecule has 0 saturated carbocycles. The third-order valence-electron chi connectivity index (χ3n) is 4.87. The number of benzene rings is 2. The van der Waals surface area contributed by atoms with Crippen LogP contribution in [0.25, 0.3) is 22.1 Å². The molecule has 2 aromatic heterocycles. The number of carbonyl (C=O) groups excluding carboxylic acids is 2. The molecule has 148 valence electrons. The molecule has 0 aliphatic rings. The van der Waals surface area contributed by atoms with E-state index in [-0.39, 0.29) is 24.8 Å². The van der Waals surface area contributed by atoms with Crippen molar-refractivity contribution in [3.05, 3.63) is 53.9 Å². The molecule has 29 heavy (non-hydrogen) atoms. The number of aryl methyl sites for hydroxylation is 3. The van der Waals surface area contributed by atoms with Crippen molar-refractivity contribution in [1.82, 2.24) is 35.4 Å². The van der Waals surface area contributed by atoms with Gasteiger partial charge in [-0.15, -0.1) is 5.10 Å². The van der Waals surface area contributed by atoms with Crippen LogP contribution in [-0.4, -0.2) is 36.4 Å². The quantitative estimate of drug-likeness (QED) is 0.503. The topological polar surface area (TPSA) is 107 Å². The van der Waals surface area contributed by atoms with E-state index in [4.69, 9.17) is 0 Å². The van der Waals surface area contributed by atoms with Crippen molar-refractivity contribution < 1.29 is 9.59 Å². The fourth-order valence-electron chi connectivity index (χ4n) is 3.13. The molecule has 2 heterocycles. The van der Waals surface area contributed by atoms with E-state index in [2.05, 4.69) is 32.2 Å². The molecule has 0 spiro atoms. The zero-order valence-electron chi connectivity index (χ0n) is 16.2. The summed E-state index contributed by atoms with van der Waals surface area (Å²) in [7, 11) is 0. The van der Waals surface area contributed by atoms with Gasteiger partial charge in [-0.05, 0) is 49.2 Å². The number of hydrogen-bond acceptors (Lipinski definition) is 5. The molecule has 0 bridgehead atoms. The van der Waals surface area contributed by atoms with Crippen LogP contribution in [0.4, 0.5) is 0 Å². The Hall–Kier alpha value is -3.75. The van der Waals surface area contributed by atoms with Gasteiger partial charge in [0.1, 0.15) is 12.1 Å². The van der Waals surface area contributed by atoms with Gasteiger partial charge in [-0.1, -0.05) is 17.3 Å². The number of nitrogens with one attached hydrogen (secondary N) is 2. The normalized spacial score (nSPS) is 11.1. The SMILES string of the molecule is Cc1cc2ncn(CCC(=O)NNC(=O)Cn3nnc4ccccc43)c2cc1C. The smallest absolute Gasteiger partial charge is 0.260 e. The van der Waals surface area contributed by atoms with Crippen LogP contribution in [0.15, 0.2) is 42.7 Å². The van der Waals surface area contributed by atoms with Crippen LogP contribution in [0.2, 0.25) is 0 Å². The van der Waals surface area contributed by atoms with Gasteiger partial charge in [0.15, 0.2) is 0 Å². The highest BCUT2D eigenvalue weighted by Crippen LogP contribution is 2.18. The number of amides is 2. The van der Waals surface area contributed by atoms with Crippen molar-refractivity contribution in [2.45, 2.75) is 33.4 Å². The number of rotatable bonds is 5. The average molecular weight is 391 g/mol. The van der Waals surface area contributed by atoms with Crippen LogP contribution < -0.4 is 10.9 Å². The lowest BCUT2D eigenvalue weighted by molar-refractivity contribution is -0.129. The Labute approximate surface area is 166 Å². The first-order chi connectivity index (χ1) is 14.0. The summed E-state index contributed by atoms with van der Waals surface area (Å²) in [6.07, 6.45) is 1.94. The lowest BCUT2D eigenvalue weighted by Gasteiger charge is -2.09. The van der Waals surface area contributed by atoms with Crippen molar-refractivity contribution in [3.8, 4) is 0 Å². The van der Waals surface area contributed by atoms with E-state index in [1.54, 1.807) is 6.33 Å². The van der Waals surface area contributed by atoms with Crippen molar-refractivity contribution in [2.75, 3.05) is 0 Å². The zero-order valence-corrected chi connectivity index (χ0v) is 16.2. The lowest BCUT2D eigenvalue weighted by atomic mass is 10.1. The Kier molecular flexibility index (Phi) is 4.94. The maximum Gasteiger partial charge on any atom is 0.260 e. The standard InChI is InChI=1S/C20H21N7O2/c1-13-9-16-18(10-14(13)2)26(12-21-16)8-7-19(28)23-24-20(29)11-27-17-6-4-3-5-15(17)22-25-27/h3-6,9-10,12H,7-8,11H2,1-2H3,(H,23,28)(H,24,29). The van der Waals surface area contributed by atoms with E-state index in [1.165, 1.54) is 15.8 Å². The summed E-state index contributed by atoms with van der Waals surface area (Å²) in [5.41, 5.74) is 10.6. The molecular formula is C20H21N7O2. The number of hydrogen-bond donors (Lipinski definition) is 2. The number of para-hydroxylation sites is 1. The minimum absolute atomic E-state index is 0.0361. The average Bonchev–Trinajstić information content (AvgIpc) is 3.29. The first-order valence-corrected chi connectivity index (χ1v) is 9.29. The van der Waals surface area contributed by atoms with Crippen molar-refractivity contribution >= 4 is 33.9 Å². The van der Waals surface area contributed by atoms with E-state index >= 15 is 0 Å². The van der Waals surface area contributed by atoms with Gasteiger partial charge >= 0.3 is 0 Å². The minimum atomic E-state index is -0.381. The highest BCUT2D eigenvalue weighted by atomic mass is 16.2. The van der Waals surface area contributed by atoms with Gasteiger partial charge in [0, 0.05) is 13.0 Å². The van der Waals surface area contributed by atoms with Gasteiger partial charge in [0.25, 0.3) is 5.91 Å². The number of carbonyl (C=O) groups is 2. The van der Waals surface area contributed by atoms with Crippen LogP contribution in [0.5, 0.6) is 0 Å². The molecule has 0 aliphatic heterocycles. The van der Waals surface area contributed by atoms with Crippen LogP contribution in [-0.2, 0) is 22.7 Å². The van der Waals surface area contributed by atoms with E-state index in [0.29, 0.717) is 12.1 Å². The molecule has 0 aliphatic carbocycles. The van der Waals surface area contributed by atoms with E-state index < -0.39 is 0 Å². The number of imidazole rings is 1. The predicted octanol–water partition coefficient (Wildman–Crippen LogP) is 1.64. The molecule has 2 amide bonds. The van der Waals surface area contributed by atoms with E-state index in [1.807, 2.05) is 48.7 Å². The van der Waals surface area contributed by atoms with Crippen LogP contribution >= 0.6 is 0 Å². The minimum Gasteiger partial charge on any atom is -0.330 e. The van der Waals surface area contributed by atoms with Gasteiger partial charge in [-0.25, -0.2) is 9.67 Å². The third kappa shape index (κ3) is 3.93. The largest absolute Gasteiger partial charge is 0.330 e. The number of fused-ring (bicyclic) bond motifs is 2. The molecular weight excluding hydrogens is 370 g/mol. The van der Waals surface area contributed by atoms with Gasteiger partial charge in [-0.2, -0.15) is 0 Å². The van der Waals surface area contributed by atoms with E-state index in [0.717, 1.165) is 16.6 Å². The predicted molar refractivity (Wildman–Crippen MR) is 108 cm³/mol. The summed E-state index contributed by atoms with van der Waals surface area (Å²) < 4.78 is 3.42. The molecule has 4 rings (SSSR count). The summed E-state index contributed by atoms with van der Waals surface area (Å²) in [6, 6.07) is 11.5. The molecule has 9 nitrogen and oxygen atoms in total. The third-order valence-corrected chi connectivity index (χ3v) is 4.87. The van der Waals surface area contributed by atoms with Gasteiger partial charge in [0.2, 0.25) is 5.91 Å². The van der Waals surface area contributed by atoms with Crippen molar-refractivity contribution in [2.24, 2.45) is 0 Å². The summed E-state index contributed by atoms with van der Waals surface area (Å²) in [4.78, 5) is 28.6. The molecule has 9 heteroatoms. The Bertz CT molecular complexity index is 1210. The second kappa shape index (κ2) is 7.70. The zero-order chi connectivity index (χ0) is 20.4. The Balaban J connectivity index is 1.30. The summed E-state index contributed by atoms with van der Waals surface area (Å²) in [5, 5.41) is 7.96. The number of nitrogens with zero attached hydrogens (tertiary/aromatic N) is 5. The fraction of sp³-hybridized carbons (Fsp3) is 0.250. The van der Waals surface area contributed by atoms with Gasteiger partial charge in [0.05, 0.1) is 22.9 Å². The summed E-state index contributed by atoms with van der Waals surface area (Å²) in [5.74, 6) is -0.666. The first kappa shape index (κ1) is 18.6. The van der Waals surface area contributed by atoms with Crippen LogP contribution in [0, 0.1) is 13.8 Å². The monoisotopic (exact) mass is 391 g/mol. The molecule has 0 fully saturated rings. The Morgan fingerprint density at radius 2 is 1.72 bits per heavy atom. The van der Waals surface area contributed by atoms with Gasteiger partial charge < -0.3 is 4.57 Å². The number of aromatic nitrogens is 5. The van der Waals surface area contributed by atoms with Crippen LogP contribution in [0.3, 0.4) is 0 Å². The van der Waals surface area contributed by atoms with Crippen LogP contribution in [0.1, 0.15) is 17.5 Å². The van der Waals surface area contributed by atoms with Crippen molar-refractivity contribution in [3.63, 3.8) is 0 Å². The summed E-state index contributed by atoms with van der Waals surface area (Å²) >= 11 is 0. The molecule has 0 saturated heterocycles. The highest BCUT2D eigenvalue weighted by molar-refractivity contribution is 5.83. The number of hydrazine groups is 1. The summed E-state index contributed by atoms with van der Waals surface area (Å²) in [6.45, 7) is 4.53. The Morgan fingerprint density at radius 1 is 0.966 bits per heavy atom. The fourth-order valence-corrected chi connectivity index (χ4v) is 3.13. The lowest BCUT2D eigenvalue weighted by Crippen LogP contribution is -2.43. The maximum absolute atomic E-state index is 12.1. The molecule has 0 radical (unpaired) electrons. The molecule has 0 unspecified atom stereocenters. The maximum atomic E-state index is 12.1. The molecule has 4 aromatic rings. The second-order valence-corrected chi connectivity index (χ2v) is 6.95. The Morgan fingerprint density at radius 3 is 2.59 bits per heavy atom. The second-order valence-electron chi connectivity index (χ2n) is 6.95. The van der Waals surface area contributed by atoms with E-state index in [9.17, 15) is 9.59 Å². The van der Waals surface area contributed by atoms with Gasteiger partial charge in [-0.3, -0.25) is 20.4 Å². The van der Waals surface area contributed by atoms with Crippen molar-refractivity contribution in [1.29, 1.82) is 0 Å². The molecule has 0 atom stereocenters. The first-order valence-electron chi connectivity index (χ1n) is 9.29. The highest BCUT2D eigenvalue weighted by Gasteiger charge is 2.11. The molecule has 2 N–H and O–H groups in total. The molecule has 2 aromatic carbocycles.